The first-order valence-corrected chi connectivity index (χ1v) is 5.53. The quantitative estimate of drug-likeness (QED) is 0.689. The molecule has 0 unspecified atom stereocenters. The number of hydrogen-bond acceptors (Lipinski definition) is 5. The Morgan fingerprint density at radius 3 is 2.71 bits per heavy atom. The number of aryl methyl sites for hydroxylation is 2. The molecule has 1 heterocycles. The molecule has 2 N–H and O–H groups in total. The standard InChI is InChI=1S/C8H12N2O2S2/c1-4-5(2)14-8(9-4)10-6(3-13)7(11)12/h6,13H,3H2,1-2H3,(H,9,10)(H,11,12)/t6-/m0/s1. The number of carboxylic acid groups (broad SMARTS) is 1. The molecule has 78 valence electrons. The van der Waals surface area contributed by atoms with Crippen molar-refractivity contribution in [1.82, 2.24) is 4.98 Å². The lowest BCUT2D eigenvalue weighted by atomic mass is 10.3. The minimum absolute atomic E-state index is 0.243. The Morgan fingerprint density at radius 1 is 1.71 bits per heavy atom. The van der Waals surface area contributed by atoms with Gasteiger partial charge >= 0.3 is 5.97 Å². The van der Waals surface area contributed by atoms with Crippen LogP contribution in [0.2, 0.25) is 0 Å². The molecule has 0 aromatic carbocycles. The molecule has 6 heteroatoms. The van der Waals surface area contributed by atoms with Gasteiger partial charge in [0.2, 0.25) is 0 Å². The Bertz CT molecular complexity index is 319. The zero-order chi connectivity index (χ0) is 10.7. The molecule has 0 spiro atoms. The van der Waals surface area contributed by atoms with E-state index in [0.717, 1.165) is 10.6 Å². The van der Waals surface area contributed by atoms with Gasteiger partial charge in [-0.3, -0.25) is 0 Å². The summed E-state index contributed by atoms with van der Waals surface area (Å²) in [6.45, 7) is 3.85. The van der Waals surface area contributed by atoms with E-state index in [4.69, 9.17) is 5.11 Å². The van der Waals surface area contributed by atoms with Gasteiger partial charge in [-0.25, -0.2) is 9.78 Å². The van der Waals surface area contributed by atoms with E-state index in [-0.39, 0.29) is 5.75 Å². The van der Waals surface area contributed by atoms with Gasteiger partial charge in [0.25, 0.3) is 0 Å². The average molecular weight is 232 g/mol. The molecule has 0 aliphatic heterocycles. The van der Waals surface area contributed by atoms with E-state index in [9.17, 15) is 4.79 Å². The summed E-state index contributed by atoms with van der Waals surface area (Å²) in [6, 6.07) is -0.678. The van der Waals surface area contributed by atoms with Crippen LogP contribution in [0.3, 0.4) is 0 Å². The highest BCUT2D eigenvalue weighted by molar-refractivity contribution is 7.80. The van der Waals surface area contributed by atoms with Crippen molar-refractivity contribution in [3.63, 3.8) is 0 Å². The number of nitrogens with one attached hydrogen (secondary N) is 1. The molecule has 0 radical (unpaired) electrons. The molecule has 0 saturated carbocycles. The Kier molecular flexibility index (Phi) is 3.77. The van der Waals surface area contributed by atoms with E-state index in [0.29, 0.717) is 5.13 Å². The summed E-state index contributed by atoms with van der Waals surface area (Å²) in [7, 11) is 0. The molecule has 0 amide bonds. The third-order valence-corrected chi connectivity index (χ3v) is 3.18. The first-order valence-electron chi connectivity index (χ1n) is 4.09. The second-order valence-electron chi connectivity index (χ2n) is 2.88. The van der Waals surface area contributed by atoms with Crippen LogP contribution in [0.5, 0.6) is 0 Å². The Labute approximate surface area is 91.8 Å². The Hall–Kier alpha value is -0.750. The van der Waals surface area contributed by atoms with Crippen LogP contribution in [0.4, 0.5) is 5.13 Å². The first-order chi connectivity index (χ1) is 6.54. The largest absolute Gasteiger partial charge is 0.480 e. The number of rotatable bonds is 4. The molecule has 14 heavy (non-hydrogen) atoms. The number of aromatic nitrogens is 1. The molecular weight excluding hydrogens is 220 g/mol. The van der Waals surface area contributed by atoms with Crippen molar-refractivity contribution >= 4 is 35.1 Å². The molecule has 1 atom stereocenters. The minimum Gasteiger partial charge on any atom is -0.480 e. The van der Waals surface area contributed by atoms with Crippen molar-refractivity contribution in [2.24, 2.45) is 0 Å². The summed E-state index contributed by atoms with van der Waals surface area (Å²) < 4.78 is 0. The van der Waals surface area contributed by atoms with E-state index in [1.54, 1.807) is 0 Å². The van der Waals surface area contributed by atoms with E-state index in [1.807, 2.05) is 13.8 Å². The third kappa shape index (κ3) is 2.62. The molecule has 1 aromatic rings. The zero-order valence-corrected chi connectivity index (χ0v) is 9.65. The van der Waals surface area contributed by atoms with Gasteiger partial charge in [-0.2, -0.15) is 12.6 Å². The van der Waals surface area contributed by atoms with E-state index < -0.39 is 12.0 Å². The van der Waals surface area contributed by atoms with Crippen molar-refractivity contribution in [1.29, 1.82) is 0 Å². The van der Waals surface area contributed by atoms with E-state index >= 15 is 0 Å². The van der Waals surface area contributed by atoms with Crippen LogP contribution in [0.1, 0.15) is 10.6 Å². The van der Waals surface area contributed by atoms with Crippen LogP contribution in [0, 0.1) is 13.8 Å². The SMILES string of the molecule is Cc1nc(N[C@@H](CS)C(=O)O)sc1C. The fraction of sp³-hybridized carbons (Fsp3) is 0.500. The molecule has 0 saturated heterocycles. The fourth-order valence-electron chi connectivity index (χ4n) is 0.869. The Balaban J connectivity index is 2.72. The molecule has 0 bridgehead atoms. The fourth-order valence-corrected chi connectivity index (χ4v) is 1.98. The van der Waals surface area contributed by atoms with Gasteiger partial charge in [0.15, 0.2) is 5.13 Å². The monoisotopic (exact) mass is 232 g/mol. The molecule has 0 aliphatic rings. The second-order valence-corrected chi connectivity index (χ2v) is 4.45. The highest BCUT2D eigenvalue weighted by atomic mass is 32.1. The zero-order valence-electron chi connectivity index (χ0n) is 7.94. The number of nitrogens with zero attached hydrogens (tertiary/aromatic N) is 1. The van der Waals surface area contributed by atoms with Crippen molar-refractivity contribution < 1.29 is 9.90 Å². The van der Waals surface area contributed by atoms with Gasteiger partial charge < -0.3 is 10.4 Å². The van der Waals surface area contributed by atoms with Crippen molar-refractivity contribution in [3.8, 4) is 0 Å². The van der Waals surface area contributed by atoms with E-state index in [1.165, 1.54) is 11.3 Å². The van der Waals surface area contributed by atoms with Gasteiger partial charge in [0.05, 0.1) is 5.69 Å². The summed E-state index contributed by atoms with van der Waals surface area (Å²) in [5, 5.41) is 12.2. The van der Waals surface area contributed by atoms with E-state index in [2.05, 4.69) is 22.9 Å². The average Bonchev–Trinajstić information content (AvgIpc) is 2.41. The minimum atomic E-state index is -0.912. The maximum atomic E-state index is 10.7. The summed E-state index contributed by atoms with van der Waals surface area (Å²) >= 11 is 5.41. The first kappa shape index (κ1) is 11.3. The Morgan fingerprint density at radius 2 is 2.36 bits per heavy atom. The summed E-state index contributed by atoms with van der Waals surface area (Å²) in [5.41, 5.74) is 0.931. The number of carbonyl (C=O) groups is 1. The molecular formula is C8H12N2O2S2. The van der Waals surface area contributed by atoms with Gasteiger partial charge in [-0.1, -0.05) is 0 Å². The predicted molar refractivity (Wildman–Crippen MR) is 60.5 cm³/mol. The molecule has 0 aliphatic carbocycles. The number of thiol groups is 1. The van der Waals surface area contributed by atoms with Crippen LogP contribution in [0.15, 0.2) is 0 Å². The van der Waals surface area contributed by atoms with Crippen LogP contribution in [-0.4, -0.2) is 27.9 Å². The number of hydrogen-bond donors (Lipinski definition) is 3. The lowest BCUT2D eigenvalue weighted by Gasteiger charge is -2.09. The van der Waals surface area contributed by atoms with Crippen LogP contribution < -0.4 is 5.32 Å². The summed E-state index contributed by atoms with van der Waals surface area (Å²) in [5.74, 6) is -0.669. The molecule has 1 rings (SSSR count). The number of thiazole rings is 1. The van der Waals surface area contributed by atoms with Crippen LogP contribution in [0.25, 0.3) is 0 Å². The summed E-state index contributed by atoms with van der Waals surface area (Å²) in [4.78, 5) is 16.0. The normalized spacial score (nSPS) is 12.5. The molecule has 4 nitrogen and oxygen atoms in total. The molecule has 1 aromatic heterocycles. The van der Waals surface area contributed by atoms with Gasteiger partial charge in [0, 0.05) is 10.6 Å². The van der Waals surface area contributed by atoms with Crippen molar-refractivity contribution in [2.75, 3.05) is 11.1 Å². The lowest BCUT2D eigenvalue weighted by Crippen LogP contribution is -2.30. The second kappa shape index (κ2) is 4.65. The van der Waals surface area contributed by atoms with Gasteiger partial charge in [0.1, 0.15) is 6.04 Å². The van der Waals surface area contributed by atoms with Crippen LogP contribution >= 0.6 is 24.0 Å². The van der Waals surface area contributed by atoms with Crippen molar-refractivity contribution in [2.45, 2.75) is 19.9 Å². The maximum Gasteiger partial charge on any atom is 0.327 e. The highest BCUT2D eigenvalue weighted by Crippen LogP contribution is 2.21. The van der Waals surface area contributed by atoms with Gasteiger partial charge in [-0.15, -0.1) is 11.3 Å². The third-order valence-electron chi connectivity index (χ3n) is 1.81. The maximum absolute atomic E-state index is 10.7. The number of aliphatic carboxylic acids is 1. The smallest absolute Gasteiger partial charge is 0.327 e. The van der Waals surface area contributed by atoms with Crippen molar-refractivity contribution in [3.05, 3.63) is 10.6 Å². The topological polar surface area (TPSA) is 62.2 Å². The predicted octanol–water partition coefficient (Wildman–Crippen LogP) is 1.55. The molecule has 0 fully saturated rings. The summed E-state index contributed by atoms with van der Waals surface area (Å²) in [6.07, 6.45) is 0. The number of carboxylic acids is 1. The van der Waals surface area contributed by atoms with Crippen LogP contribution in [-0.2, 0) is 4.79 Å². The lowest BCUT2D eigenvalue weighted by molar-refractivity contribution is -0.137. The number of anilines is 1. The van der Waals surface area contributed by atoms with Gasteiger partial charge in [-0.05, 0) is 13.8 Å². The highest BCUT2D eigenvalue weighted by Gasteiger charge is 2.16.